The number of carbonyl (C=O) groups is 1. The summed E-state index contributed by atoms with van der Waals surface area (Å²) in [4.78, 5) is 35.6. The Labute approximate surface area is 216 Å². The first kappa shape index (κ1) is 27.8. The summed E-state index contributed by atoms with van der Waals surface area (Å²) in [5, 5.41) is 1.99. The van der Waals surface area contributed by atoms with Gasteiger partial charge < -0.3 is 9.72 Å². The van der Waals surface area contributed by atoms with Crippen molar-refractivity contribution in [2.75, 3.05) is 19.7 Å². The van der Waals surface area contributed by atoms with Crippen LogP contribution in [0, 0.1) is 0 Å². The molecule has 8 nitrogen and oxygen atoms in total. The molecule has 194 valence electrons. The van der Waals surface area contributed by atoms with Crippen molar-refractivity contribution < 1.29 is 17.9 Å². The van der Waals surface area contributed by atoms with E-state index in [0.717, 1.165) is 24.4 Å². The van der Waals surface area contributed by atoms with Crippen molar-refractivity contribution in [2.45, 2.75) is 57.2 Å². The Hall–Kier alpha value is -2.82. The lowest BCUT2D eigenvalue weighted by atomic mass is 10.0. The van der Waals surface area contributed by atoms with Crippen molar-refractivity contribution >= 4 is 27.1 Å². The lowest BCUT2D eigenvalue weighted by Crippen LogP contribution is -2.36. The van der Waals surface area contributed by atoms with E-state index in [1.54, 1.807) is 23.6 Å². The number of H-pyrrole nitrogens is 1. The van der Waals surface area contributed by atoms with Gasteiger partial charge in [0.15, 0.2) is 9.84 Å². The first-order chi connectivity index (χ1) is 17.1. The molecule has 3 rings (SSSR count). The first-order valence-electron chi connectivity index (χ1n) is 12.0. The van der Waals surface area contributed by atoms with Gasteiger partial charge in [-0.2, -0.15) is 0 Å². The second-order valence-electron chi connectivity index (χ2n) is 8.86. The van der Waals surface area contributed by atoms with E-state index in [2.05, 4.69) is 28.7 Å². The van der Waals surface area contributed by atoms with Crippen molar-refractivity contribution in [3.8, 4) is 11.3 Å². The molecule has 1 atom stereocenters. The second-order valence-corrected chi connectivity index (χ2v) is 11.8. The largest absolute Gasteiger partial charge is 0.460 e. The maximum Gasteiger partial charge on any atom is 0.339 e. The SMILES string of the molecule is CCN(CC)C(C)COC(=O)c1cc(-c2csc(CS(=O)(=O)c3ccccc3)n2)c(=O)[nH]c1C(C)C. The summed E-state index contributed by atoms with van der Waals surface area (Å²) in [5.41, 5.74) is 0.891. The van der Waals surface area contributed by atoms with E-state index in [0.29, 0.717) is 16.4 Å². The highest BCUT2D eigenvalue weighted by atomic mass is 32.2. The summed E-state index contributed by atoms with van der Waals surface area (Å²) in [7, 11) is -3.58. The van der Waals surface area contributed by atoms with Crippen LogP contribution < -0.4 is 5.56 Å². The second kappa shape index (κ2) is 11.9. The van der Waals surface area contributed by atoms with Crippen LogP contribution in [0.3, 0.4) is 0 Å². The number of pyridine rings is 1. The number of rotatable bonds is 11. The molecule has 2 heterocycles. The zero-order valence-electron chi connectivity index (χ0n) is 21.3. The predicted octanol–water partition coefficient (Wildman–Crippen LogP) is 4.48. The van der Waals surface area contributed by atoms with Crippen LogP contribution in [0.2, 0.25) is 0 Å². The number of aromatic amines is 1. The van der Waals surface area contributed by atoms with E-state index >= 15 is 0 Å². The van der Waals surface area contributed by atoms with Crippen molar-refractivity contribution in [2.24, 2.45) is 0 Å². The van der Waals surface area contributed by atoms with Crippen molar-refractivity contribution in [1.29, 1.82) is 0 Å². The number of nitrogens with zero attached hydrogens (tertiary/aromatic N) is 2. The van der Waals surface area contributed by atoms with Crippen molar-refractivity contribution in [1.82, 2.24) is 14.9 Å². The highest BCUT2D eigenvalue weighted by Gasteiger charge is 2.23. The third-order valence-electron chi connectivity index (χ3n) is 6.00. The van der Waals surface area contributed by atoms with Gasteiger partial charge in [-0.15, -0.1) is 11.3 Å². The number of nitrogens with one attached hydrogen (secondary N) is 1. The molecule has 1 N–H and O–H groups in total. The molecule has 10 heteroatoms. The molecule has 36 heavy (non-hydrogen) atoms. The molecule has 0 amide bonds. The normalized spacial score (nSPS) is 12.8. The number of esters is 1. The predicted molar refractivity (Wildman–Crippen MR) is 142 cm³/mol. The Morgan fingerprint density at radius 3 is 2.42 bits per heavy atom. The molecule has 0 bridgehead atoms. The number of thiazole rings is 1. The van der Waals surface area contributed by atoms with Crippen LogP contribution in [0.5, 0.6) is 0 Å². The highest BCUT2D eigenvalue weighted by Crippen LogP contribution is 2.26. The molecular weight excluding hydrogens is 498 g/mol. The Bertz CT molecular complexity index is 1340. The van der Waals surface area contributed by atoms with Crippen molar-refractivity contribution in [3.05, 3.63) is 68.4 Å². The maximum atomic E-state index is 13.1. The molecule has 2 aromatic heterocycles. The summed E-state index contributed by atoms with van der Waals surface area (Å²) in [6.07, 6.45) is 0. The van der Waals surface area contributed by atoms with Crippen LogP contribution >= 0.6 is 11.3 Å². The molecule has 0 aliphatic heterocycles. The number of likely N-dealkylation sites (N-methyl/N-ethyl adjacent to an activating group) is 1. The molecule has 0 aliphatic carbocycles. The number of aromatic nitrogens is 2. The number of ether oxygens (including phenoxy) is 1. The van der Waals surface area contributed by atoms with Crippen LogP contribution in [0.15, 0.2) is 51.5 Å². The number of sulfone groups is 1. The number of hydrogen-bond donors (Lipinski definition) is 1. The number of hydrogen-bond acceptors (Lipinski definition) is 8. The summed E-state index contributed by atoms with van der Waals surface area (Å²) < 4.78 is 31.1. The first-order valence-corrected chi connectivity index (χ1v) is 14.5. The van der Waals surface area contributed by atoms with Crippen molar-refractivity contribution in [3.63, 3.8) is 0 Å². The average molecular weight is 532 g/mol. The Morgan fingerprint density at radius 2 is 1.81 bits per heavy atom. The Kier molecular flexibility index (Phi) is 9.21. The Balaban J connectivity index is 1.89. The van der Waals surface area contributed by atoms with E-state index in [1.807, 2.05) is 20.8 Å². The van der Waals surface area contributed by atoms with E-state index in [9.17, 15) is 18.0 Å². The topological polar surface area (TPSA) is 109 Å². The van der Waals surface area contributed by atoms with Crippen LogP contribution in [0.25, 0.3) is 11.3 Å². The lowest BCUT2D eigenvalue weighted by molar-refractivity contribution is 0.0379. The van der Waals surface area contributed by atoms with Crippen LogP contribution in [0.1, 0.15) is 61.6 Å². The van der Waals surface area contributed by atoms with Gasteiger partial charge in [0, 0.05) is 17.1 Å². The van der Waals surface area contributed by atoms with Gasteiger partial charge in [0.2, 0.25) is 0 Å². The minimum Gasteiger partial charge on any atom is -0.460 e. The third-order valence-corrected chi connectivity index (χ3v) is 8.68. The molecule has 0 aliphatic rings. The van der Waals surface area contributed by atoms with Gasteiger partial charge in [-0.05, 0) is 44.1 Å². The Morgan fingerprint density at radius 1 is 1.14 bits per heavy atom. The average Bonchev–Trinajstić information content (AvgIpc) is 3.31. The summed E-state index contributed by atoms with van der Waals surface area (Å²) in [5.74, 6) is -0.907. The summed E-state index contributed by atoms with van der Waals surface area (Å²) >= 11 is 1.16. The van der Waals surface area contributed by atoms with Gasteiger partial charge >= 0.3 is 5.97 Å². The van der Waals surface area contributed by atoms with E-state index < -0.39 is 21.4 Å². The van der Waals surface area contributed by atoms with Gasteiger partial charge in [-0.25, -0.2) is 18.2 Å². The fourth-order valence-electron chi connectivity index (χ4n) is 3.96. The molecule has 1 unspecified atom stereocenters. The van der Waals surface area contributed by atoms with Gasteiger partial charge in [0.25, 0.3) is 5.56 Å². The maximum absolute atomic E-state index is 13.1. The monoisotopic (exact) mass is 531 g/mol. The summed E-state index contributed by atoms with van der Waals surface area (Å²) in [6.45, 7) is 11.8. The molecule has 0 spiro atoms. The van der Waals surface area contributed by atoms with Gasteiger partial charge in [-0.3, -0.25) is 9.69 Å². The zero-order valence-corrected chi connectivity index (χ0v) is 22.9. The van der Waals surface area contributed by atoms with Gasteiger partial charge in [-0.1, -0.05) is 45.9 Å². The highest BCUT2D eigenvalue weighted by molar-refractivity contribution is 7.90. The van der Waals surface area contributed by atoms with E-state index in [-0.39, 0.29) is 40.3 Å². The molecular formula is C26H33N3O5S2. The van der Waals surface area contributed by atoms with E-state index in [4.69, 9.17) is 4.74 Å². The molecule has 1 aromatic carbocycles. The molecule has 3 aromatic rings. The fraction of sp³-hybridized carbons (Fsp3) is 0.423. The fourth-order valence-corrected chi connectivity index (χ4v) is 6.40. The lowest BCUT2D eigenvalue weighted by Gasteiger charge is -2.26. The molecule has 0 radical (unpaired) electrons. The molecule has 0 saturated carbocycles. The van der Waals surface area contributed by atoms with Gasteiger partial charge in [0.05, 0.1) is 21.7 Å². The number of benzene rings is 1. The standard InChI is InChI=1S/C26H33N3O5S2/c1-6-29(7-2)18(5)14-34-26(31)21-13-20(25(30)28-24(21)17(3)4)22-15-35-23(27-22)16-36(32,33)19-11-9-8-10-12-19/h8-13,15,17-18H,6-7,14,16H2,1-5H3,(H,28,30). The molecule has 0 saturated heterocycles. The smallest absolute Gasteiger partial charge is 0.339 e. The van der Waals surface area contributed by atoms with Gasteiger partial charge in [0.1, 0.15) is 17.4 Å². The minimum absolute atomic E-state index is 0.0568. The van der Waals surface area contributed by atoms with E-state index in [1.165, 1.54) is 18.2 Å². The number of carbonyl (C=O) groups excluding carboxylic acids is 1. The van der Waals surface area contributed by atoms with Crippen LogP contribution in [-0.2, 0) is 20.3 Å². The third kappa shape index (κ3) is 6.48. The summed E-state index contributed by atoms with van der Waals surface area (Å²) in [6, 6.07) is 9.72. The zero-order chi connectivity index (χ0) is 26.5. The minimum atomic E-state index is -3.58. The quantitative estimate of drug-likeness (QED) is 0.363. The van der Waals surface area contributed by atoms with Crippen LogP contribution in [0.4, 0.5) is 0 Å². The molecule has 0 fully saturated rings. The van der Waals surface area contributed by atoms with Crippen LogP contribution in [-0.4, -0.2) is 55.0 Å².